The number of hydrogen-bond donors (Lipinski definition) is 2. The summed E-state index contributed by atoms with van der Waals surface area (Å²) in [6, 6.07) is -0.804. The van der Waals surface area contributed by atoms with Crippen LogP contribution in [0.25, 0.3) is 0 Å². The number of carbonyl (C=O) groups is 2. The van der Waals surface area contributed by atoms with Crippen molar-refractivity contribution in [3.63, 3.8) is 0 Å². The normalized spacial score (nSPS) is 25.6. The Balaban J connectivity index is 2.78. The predicted molar refractivity (Wildman–Crippen MR) is 73.0 cm³/mol. The second-order valence-corrected chi connectivity index (χ2v) is 6.78. The molecule has 0 aromatic rings. The summed E-state index contributed by atoms with van der Waals surface area (Å²) in [7, 11) is 1.27. The third kappa shape index (κ3) is 3.62. The van der Waals surface area contributed by atoms with Gasteiger partial charge in [0.25, 0.3) is 0 Å². The molecule has 0 saturated heterocycles. The molecule has 2 N–H and O–H groups in total. The number of methoxy groups -OCH3 is 1. The molecule has 1 amide bonds. The first-order chi connectivity index (χ1) is 9.04. The second-order valence-electron chi connectivity index (χ2n) is 6.78. The van der Waals surface area contributed by atoms with Crippen LogP contribution >= 0.6 is 0 Å². The van der Waals surface area contributed by atoms with Crippen LogP contribution in [-0.4, -0.2) is 42.5 Å². The lowest BCUT2D eigenvalue weighted by molar-refractivity contribution is -0.144. The number of aliphatic hydroxyl groups excluding tert-OH is 1. The van der Waals surface area contributed by atoms with Gasteiger partial charge in [-0.3, -0.25) is 0 Å². The van der Waals surface area contributed by atoms with Gasteiger partial charge >= 0.3 is 12.1 Å². The Morgan fingerprint density at radius 2 is 1.90 bits per heavy atom. The number of esters is 1. The summed E-state index contributed by atoms with van der Waals surface area (Å²) < 4.78 is 9.90. The van der Waals surface area contributed by atoms with Crippen LogP contribution in [0.5, 0.6) is 0 Å². The standard InChI is InChI=1S/C14H25NO5/c1-13(2,3)20-12(18)15-10(11(17)19-6)9-8(7-16)14(9,4)5/h8-10,16H,7H2,1-6H3,(H,15,18)/t8?,9-,10?/m0/s1. The molecule has 1 aliphatic rings. The fraction of sp³-hybridized carbons (Fsp3) is 0.857. The number of hydrogen-bond acceptors (Lipinski definition) is 5. The van der Waals surface area contributed by atoms with Gasteiger partial charge < -0.3 is 19.9 Å². The van der Waals surface area contributed by atoms with Gasteiger partial charge in [0.2, 0.25) is 0 Å². The molecule has 1 fully saturated rings. The Morgan fingerprint density at radius 3 is 2.25 bits per heavy atom. The highest BCUT2D eigenvalue weighted by atomic mass is 16.6. The number of rotatable bonds is 4. The quantitative estimate of drug-likeness (QED) is 0.762. The van der Waals surface area contributed by atoms with Crippen LogP contribution in [0.3, 0.4) is 0 Å². The molecule has 0 aromatic carbocycles. The van der Waals surface area contributed by atoms with Gasteiger partial charge in [0.15, 0.2) is 0 Å². The monoisotopic (exact) mass is 287 g/mol. The fourth-order valence-corrected chi connectivity index (χ4v) is 2.65. The van der Waals surface area contributed by atoms with E-state index in [1.54, 1.807) is 20.8 Å². The van der Waals surface area contributed by atoms with Crippen molar-refractivity contribution in [1.82, 2.24) is 5.32 Å². The molecule has 0 heterocycles. The van der Waals surface area contributed by atoms with E-state index in [0.29, 0.717) is 0 Å². The Morgan fingerprint density at radius 1 is 1.35 bits per heavy atom. The van der Waals surface area contributed by atoms with Gasteiger partial charge in [-0.25, -0.2) is 9.59 Å². The Bertz CT molecular complexity index is 386. The second kappa shape index (κ2) is 5.60. The van der Waals surface area contributed by atoms with Gasteiger partial charge in [0.05, 0.1) is 7.11 Å². The number of ether oxygens (including phenoxy) is 2. The Hall–Kier alpha value is -1.30. The van der Waals surface area contributed by atoms with Crippen LogP contribution < -0.4 is 5.32 Å². The summed E-state index contributed by atoms with van der Waals surface area (Å²) in [5.74, 6) is -0.723. The number of aliphatic hydroxyl groups is 1. The van der Waals surface area contributed by atoms with Crippen molar-refractivity contribution >= 4 is 12.1 Å². The molecule has 1 saturated carbocycles. The average molecular weight is 287 g/mol. The van der Waals surface area contributed by atoms with Gasteiger partial charge in [0, 0.05) is 12.5 Å². The fourth-order valence-electron chi connectivity index (χ4n) is 2.65. The van der Waals surface area contributed by atoms with Crippen LogP contribution in [0, 0.1) is 17.3 Å². The molecule has 0 radical (unpaired) electrons. The average Bonchev–Trinajstić information content (AvgIpc) is 2.84. The summed E-state index contributed by atoms with van der Waals surface area (Å²) in [5, 5.41) is 11.9. The zero-order chi connectivity index (χ0) is 15.7. The zero-order valence-corrected chi connectivity index (χ0v) is 13.0. The number of carbonyl (C=O) groups excluding carboxylic acids is 2. The molecular weight excluding hydrogens is 262 g/mol. The van der Waals surface area contributed by atoms with Crippen LogP contribution in [-0.2, 0) is 14.3 Å². The van der Waals surface area contributed by atoms with E-state index in [1.807, 2.05) is 13.8 Å². The molecule has 6 nitrogen and oxygen atoms in total. The van der Waals surface area contributed by atoms with E-state index in [-0.39, 0.29) is 23.9 Å². The van der Waals surface area contributed by atoms with Crippen molar-refractivity contribution in [1.29, 1.82) is 0 Å². The minimum atomic E-state index is -0.804. The van der Waals surface area contributed by atoms with E-state index < -0.39 is 23.7 Å². The maximum atomic E-state index is 11.9. The number of alkyl carbamates (subject to hydrolysis) is 1. The van der Waals surface area contributed by atoms with Crippen LogP contribution in [0.2, 0.25) is 0 Å². The zero-order valence-electron chi connectivity index (χ0n) is 13.0. The molecule has 2 unspecified atom stereocenters. The highest BCUT2D eigenvalue weighted by Gasteiger charge is 2.62. The lowest BCUT2D eigenvalue weighted by Gasteiger charge is -2.23. The van der Waals surface area contributed by atoms with Crippen molar-refractivity contribution < 1.29 is 24.2 Å². The number of nitrogens with one attached hydrogen (secondary N) is 1. The topological polar surface area (TPSA) is 84.9 Å². The lowest BCUT2D eigenvalue weighted by Crippen LogP contribution is -2.46. The predicted octanol–water partition coefficient (Wildman–Crippen LogP) is 1.32. The summed E-state index contributed by atoms with van der Waals surface area (Å²) >= 11 is 0. The van der Waals surface area contributed by atoms with Crippen molar-refractivity contribution in [2.45, 2.75) is 46.3 Å². The van der Waals surface area contributed by atoms with E-state index in [9.17, 15) is 14.7 Å². The van der Waals surface area contributed by atoms with Crippen LogP contribution in [0.1, 0.15) is 34.6 Å². The van der Waals surface area contributed by atoms with E-state index >= 15 is 0 Å². The molecular formula is C14H25NO5. The molecule has 0 spiro atoms. The molecule has 6 heteroatoms. The summed E-state index contributed by atoms with van der Waals surface area (Å²) in [6.45, 7) is 9.11. The molecule has 0 aliphatic heterocycles. The lowest BCUT2D eigenvalue weighted by atomic mass is 10.0. The van der Waals surface area contributed by atoms with Crippen molar-refractivity contribution in [3.05, 3.63) is 0 Å². The van der Waals surface area contributed by atoms with Gasteiger partial charge in [-0.1, -0.05) is 13.8 Å². The van der Waals surface area contributed by atoms with E-state index in [4.69, 9.17) is 9.47 Å². The van der Waals surface area contributed by atoms with Gasteiger partial charge in [-0.05, 0) is 32.1 Å². The van der Waals surface area contributed by atoms with E-state index in [1.165, 1.54) is 7.11 Å². The smallest absolute Gasteiger partial charge is 0.408 e. The third-order valence-corrected chi connectivity index (χ3v) is 3.82. The largest absolute Gasteiger partial charge is 0.467 e. The minimum absolute atomic E-state index is 0.0266. The highest BCUT2D eigenvalue weighted by molar-refractivity contribution is 5.82. The molecule has 0 aromatic heterocycles. The maximum absolute atomic E-state index is 11.9. The Labute approximate surface area is 119 Å². The van der Waals surface area contributed by atoms with Crippen molar-refractivity contribution in [2.75, 3.05) is 13.7 Å². The van der Waals surface area contributed by atoms with E-state index in [0.717, 1.165) is 0 Å². The molecule has 1 aliphatic carbocycles. The summed E-state index contributed by atoms with van der Waals surface area (Å²) in [4.78, 5) is 23.7. The molecule has 20 heavy (non-hydrogen) atoms. The first-order valence-electron chi connectivity index (χ1n) is 6.72. The van der Waals surface area contributed by atoms with Crippen LogP contribution in [0.4, 0.5) is 4.79 Å². The molecule has 3 atom stereocenters. The Kier molecular flexibility index (Phi) is 4.69. The van der Waals surface area contributed by atoms with Gasteiger partial charge in [-0.2, -0.15) is 0 Å². The molecule has 116 valence electrons. The minimum Gasteiger partial charge on any atom is -0.467 e. The molecule has 1 rings (SSSR count). The third-order valence-electron chi connectivity index (χ3n) is 3.82. The maximum Gasteiger partial charge on any atom is 0.408 e. The molecule has 0 bridgehead atoms. The number of amides is 1. The first kappa shape index (κ1) is 16.8. The van der Waals surface area contributed by atoms with Crippen molar-refractivity contribution in [2.24, 2.45) is 17.3 Å². The van der Waals surface area contributed by atoms with Gasteiger partial charge in [0.1, 0.15) is 11.6 Å². The summed E-state index contributed by atoms with van der Waals surface area (Å²) in [5.41, 5.74) is -0.858. The van der Waals surface area contributed by atoms with Gasteiger partial charge in [-0.15, -0.1) is 0 Å². The van der Waals surface area contributed by atoms with Crippen LogP contribution in [0.15, 0.2) is 0 Å². The summed E-state index contributed by atoms with van der Waals surface area (Å²) in [6.07, 6.45) is -0.660. The highest BCUT2D eigenvalue weighted by Crippen LogP contribution is 2.59. The van der Waals surface area contributed by atoms with Crippen molar-refractivity contribution in [3.8, 4) is 0 Å². The first-order valence-corrected chi connectivity index (χ1v) is 6.72. The van der Waals surface area contributed by atoms with E-state index in [2.05, 4.69) is 5.32 Å². The SMILES string of the molecule is COC(=O)C(NC(=O)OC(C)(C)C)[C@@H]1C(CO)C1(C)C.